The summed E-state index contributed by atoms with van der Waals surface area (Å²) in [6.07, 6.45) is 21.4. The van der Waals surface area contributed by atoms with Gasteiger partial charge in [0.1, 0.15) is 19.3 Å². The van der Waals surface area contributed by atoms with Crippen molar-refractivity contribution in [2.75, 3.05) is 54.1 Å². The number of phosphoric acid groups is 1. The van der Waals surface area contributed by atoms with Gasteiger partial charge in [-0.05, 0) is 32.1 Å². The highest BCUT2D eigenvalue weighted by Gasteiger charge is 2.25. The maximum absolute atomic E-state index is 12.1. The van der Waals surface area contributed by atoms with Crippen LogP contribution in [-0.4, -0.2) is 75.6 Å². The minimum atomic E-state index is -4.22. The van der Waals surface area contributed by atoms with Crippen LogP contribution in [0.4, 0.5) is 0 Å². The fourth-order valence-electron chi connectivity index (χ4n) is 3.66. The molecule has 0 rings (SSSR count). The second kappa shape index (κ2) is 23.2. The van der Waals surface area contributed by atoms with Gasteiger partial charge in [-0.3, -0.25) is 13.8 Å². The molecule has 0 aliphatic rings. The summed E-state index contributed by atoms with van der Waals surface area (Å²) in [6, 6.07) is 0. The summed E-state index contributed by atoms with van der Waals surface area (Å²) in [7, 11) is 1.65. The summed E-state index contributed by atoms with van der Waals surface area (Å²) in [5.41, 5.74) is 0. The Morgan fingerprint density at radius 3 is 1.89 bits per heavy atom. The lowest BCUT2D eigenvalue weighted by Crippen LogP contribution is -2.37. The van der Waals surface area contributed by atoms with E-state index in [1.165, 1.54) is 84.0 Å². The van der Waals surface area contributed by atoms with Gasteiger partial charge in [0.05, 0.1) is 34.4 Å². The van der Waals surface area contributed by atoms with Gasteiger partial charge in [-0.2, -0.15) is 0 Å². The Morgan fingerprint density at radius 1 is 0.811 bits per heavy atom. The quantitative estimate of drug-likeness (QED) is 0.0416. The van der Waals surface area contributed by atoms with Crippen molar-refractivity contribution in [3.8, 4) is 0 Å². The molecule has 0 saturated heterocycles. The van der Waals surface area contributed by atoms with E-state index < -0.39 is 19.9 Å². The Kier molecular flexibility index (Phi) is 22.7. The summed E-state index contributed by atoms with van der Waals surface area (Å²) in [5, 5.41) is 0. The number of phosphoric ester groups is 1. The van der Waals surface area contributed by atoms with E-state index in [0.29, 0.717) is 17.6 Å². The van der Waals surface area contributed by atoms with Crippen molar-refractivity contribution in [2.24, 2.45) is 0 Å². The van der Waals surface area contributed by atoms with Crippen LogP contribution in [0.1, 0.15) is 104 Å². The predicted octanol–water partition coefficient (Wildman–Crippen LogP) is 6.81. The number of carbonyl (C=O) groups excluding carboxylic acids is 1. The Balaban J connectivity index is 3.77. The fraction of sp³-hybridized carbons (Fsp3) is 0.893. The Hall–Kier alpha value is -0.760. The second-order valence-corrected chi connectivity index (χ2v) is 12.3. The molecule has 0 aliphatic carbocycles. The number of quaternary nitrogens is 1. The van der Waals surface area contributed by atoms with Crippen LogP contribution >= 0.6 is 7.82 Å². The number of hydrogen-bond acceptors (Lipinski definition) is 6. The number of rotatable bonds is 26. The molecule has 0 aliphatic heterocycles. The smallest absolute Gasteiger partial charge is 0.458 e. The van der Waals surface area contributed by atoms with Crippen molar-refractivity contribution >= 4 is 13.8 Å². The number of allylic oxidation sites excluding steroid dienone is 2. The van der Waals surface area contributed by atoms with Crippen LogP contribution in [0.15, 0.2) is 12.2 Å². The van der Waals surface area contributed by atoms with Crippen molar-refractivity contribution in [3.63, 3.8) is 0 Å². The van der Waals surface area contributed by atoms with Gasteiger partial charge in [-0.25, -0.2) is 4.57 Å². The van der Waals surface area contributed by atoms with Crippen LogP contribution in [-0.2, 0) is 27.9 Å². The first-order valence-electron chi connectivity index (χ1n) is 14.4. The molecule has 0 saturated carbocycles. The fourth-order valence-corrected chi connectivity index (χ4v) is 4.40. The number of carbonyl (C=O) groups is 1. The van der Waals surface area contributed by atoms with E-state index in [0.717, 1.165) is 12.8 Å². The number of ether oxygens (including phenoxy) is 2. The summed E-state index contributed by atoms with van der Waals surface area (Å²) in [5.74, 6) is -0.492. The summed E-state index contributed by atoms with van der Waals surface area (Å²) < 4.78 is 33.4. The van der Waals surface area contributed by atoms with E-state index in [-0.39, 0.29) is 19.8 Å². The average molecular weight is 551 g/mol. The largest absolute Gasteiger partial charge is 0.472 e. The molecule has 0 aromatic rings. The molecular formula is C28H57NO7P+. The molecule has 0 aromatic heterocycles. The zero-order valence-corrected chi connectivity index (χ0v) is 25.4. The monoisotopic (exact) mass is 550 g/mol. The number of nitrogens with zero attached hydrogens (tertiary/aromatic N) is 1. The highest BCUT2D eigenvalue weighted by atomic mass is 31.2. The molecule has 0 aromatic carbocycles. The molecule has 2 unspecified atom stereocenters. The molecule has 0 spiro atoms. The van der Waals surface area contributed by atoms with Crippen LogP contribution in [0, 0.1) is 0 Å². The van der Waals surface area contributed by atoms with Gasteiger partial charge >= 0.3 is 13.8 Å². The van der Waals surface area contributed by atoms with Crippen molar-refractivity contribution in [1.29, 1.82) is 0 Å². The van der Waals surface area contributed by atoms with Gasteiger partial charge in [0.2, 0.25) is 0 Å². The van der Waals surface area contributed by atoms with Gasteiger partial charge in [-0.1, -0.05) is 76.9 Å². The Bertz CT molecular complexity index is 622. The minimum absolute atomic E-state index is 0.0853. The third-order valence-corrected chi connectivity index (χ3v) is 6.86. The maximum atomic E-state index is 12.1. The van der Waals surface area contributed by atoms with E-state index in [9.17, 15) is 14.3 Å². The Labute approximate surface area is 227 Å². The highest BCUT2D eigenvalue weighted by molar-refractivity contribution is 7.47. The highest BCUT2D eigenvalue weighted by Crippen LogP contribution is 2.43. The number of esters is 1. The minimum Gasteiger partial charge on any atom is -0.458 e. The number of unbranched alkanes of at least 4 members (excludes halogenated alkanes) is 12. The van der Waals surface area contributed by atoms with Crippen LogP contribution in [0.25, 0.3) is 0 Å². The molecule has 9 heteroatoms. The SMILES string of the molecule is CCCCCCCC/C=C\CCCCCCCCOCC(COP(=O)(O)OCC[N+](C)(C)C)OC(C)=O. The van der Waals surface area contributed by atoms with Crippen molar-refractivity contribution in [1.82, 2.24) is 0 Å². The van der Waals surface area contributed by atoms with Crippen molar-refractivity contribution < 1.29 is 37.3 Å². The zero-order valence-electron chi connectivity index (χ0n) is 24.5. The molecule has 0 amide bonds. The van der Waals surface area contributed by atoms with Gasteiger partial charge in [0, 0.05) is 13.5 Å². The summed E-state index contributed by atoms with van der Waals surface area (Å²) >= 11 is 0. The molecule has 0 fully saturated rings. The van der Waals surface area contributed by atoms with Gasteiger partial charge in [-0.15, -0.1) is 0 Å². The molecular weight excluding hydrogens is 493 g/mol. The van der Waals surface area contributed by atoms with Crippen molar-refractivity contribution in [3.05, 3.63) is 12.2 Å². The van der Waals surface area contributed by atoms with Gasteiger partial charge in [0.15, 0.2) is 0 Å². The molecule has 37 heavy (non-hydrogen) atoms. The molecule has 2 atom stereocenters. The van der Waals surface area contributed by atoms with Crippen LogP contribution < -0.4 is 0 Å². The van der Waals surface area contributed by atoms with E-state index in [4.69, 9.17) is 18.5 Å². The Morgan fingerprint density at radius 2 is 1.35 bits per heavy atom. The molecule has 8 nitrogen and oxygen atoms in total. The molecule has 0 bridgehead atoms. The number of likely N-dealkylation sites (N-methyl/N-ethyl adjacent to an activating group) is 1. The molecule has 220 valence electrons. The van der Waals surface area contributed by atoms with Gasteiger partial charge in [0.25, 0.3) is 0 Å². The third-order valence-electron chi connectivity index (χ3n) is 5.88. The summed E-state index contributed by atoms with van der Waals surface area (Å²) in [6.45, 7) is 4.59. The standard InChI is InChI=1S/C28H56NO7P/c1-6-7-8-9-10-11-12-13-14-15-16-17-18-19-20-21-23-33-25-28(36-27(2)30)26-35-37(31,32)34-24-22-29(3,4)5/h13-14,28H,6-12,15-26H2,1-5H3/p+1/b14-13-. The van der Waals surface area contributed by atoms with E-state index in [1.807, 2.05) is 21.1 Å². The van der Waals surface area contributed by atoms with Gasteiger partial charge < -0.3 is 18.9 Å². The topological polar surface area (TPSA) is 91.3 Å². The van der Waals surface area contributed by atoms with Crippen LogP contribution in [0.2, 0.25) is 0 Å². The first-order chi connectivity index (χ1) is 17.6. The average Bonchev–Trinajstić information content (AvgIpc) is 2.80. The van der Waals surface area contributed by atoms with E-state index >= 15 is 0 Å². The predicted molar refractivity (Wildman–Crippen MR) is 150 cm³/mol. The zero-order chi connectivity index (χ0) is 27.8. The molecule has 1 N–H and O–H groups in total. The normalized spacial score (nSPS) is 14.6. The lowest BCUT2D eigenvalue weighted by atomic mass is 10.1. The lowest BCUT2D eigenvalue weighted by molar-refractivity contribution is -0.870. The second-order valence-electron chi connectivity index (χ2n) is 10.9. The first kappa shape index (κ1) is 36.2. The molecule has 0 radical (unpaired) electrons. The van der Waals surface area contributed by atoms with Crippen molar-refractivity contribution in [2.45, 2.75) is 110 Å². The van der Waals surface area contributed by atoms with E-state index in [2.05, 4.69) is 19.1 Å². The third kappa shape index (κ3) is 28.1. The molecule has 0 heterocycles. The van der Waals surface area contributed by atoms with E-state index in [1.54, 1.807) is 0 Å². The van der Waals surface area contributed by atoms with Crippen LogP contribution in [0.3, 0.4) is 0 Å². The summed E-state index contributed by atoms with van der Waals surface area (Å²) in [4.78, 5) is 21.2. The first-order valence-corrected chi connectivity index (χ1v) is 15.9. The van der Waals surface area contributed by atoms with Crippen LogP contribution in [0.5, 0.6) is 0 Å². The number of hydrogen-bond donors (Lipinski definition) is 1. The lowest BCUT2D eigenvalue weighted by Gasteiger charge is -2.24. The maximum Gasteiger partial charge on any atom is 0.472 e.